The van der Waals surface area contributed by atoms with Crippen molar-refractivity contribution >= 4 is 38.8 Å². The second-order valence-electron chi connectivity index (χ2n) is 5.31. The molecule has 0 saturated heterocycles. The number of rotatable bonds is 5. The molecule has 0 aliphatic carbocycles. The Balaban J connectivity index is 2.04. The van der Waals surface area contributed by atoms with E-state index in [2.05, 4.69) is 20.6 Å². The van der Waals surface area contributed by atoms with Gasteiger partial charge >= 0.3 is 0 Å². The largest absolute Gasteiger partial charge is 0.331 e. The van der Waals surface area contributed by atoms with Crippen molar-refractivity contribution in [2.24, 2.45) is 5.10 Å². The normalized spacial score (nSPS) is 11.9. The van der Waals surface area contributed by atoms with Crippen LogP contribution < -0.4 is 15.5 Å². The predicted octanol–water partition coefficient (Wildman–Crippen LogP) is 2.61. The van der Waals surface area contributed by atoms with Crippen molar-refractivity contribution in [1.82, 2.24) is 10.1 Å². The molecule has 0 heterocycles. The van der Waals surface area contributed by atoms with Crippen LogP contribution in [0.5, 0.6) is 0 Å². The summed E-state index contributed by atoms with van der Waals surface area (Å²) in [7, 11) is -2.06. The van der Waals surface area contributed by atoms with Gasteiger partial charge in [0, 0.05) is 5.69 Å². The summed E-state index contributed by atoms with van der Waals surface area (Å²) < 4.78 is 25.7. The topological polar surface area (TPSA) is 82.6 Å². The van der Waals surface area contributed by atoms with Crippen LogP contribution in [0, 0.1) is 6.92 Å². The van der Waals surface area contributed by atoms with E-state index in [1.165, 1.54) is 19.2 Å². The first-order chi connectivity index (χ1) is 11.8. The van der Waals surface area contributed by atoms with Gasteiger partial charge in [0.2, 0.25) is 10.0 Å². The number of para-hydroxylation sites is 1. The van der Waals surface area contributed by atoms with Gasteiger partial charge in [0.1, 0.15) is 0 Å². The second-order valence-corrected chi connectivity index (χ2v) is 7.60. The van der Waals surface area contributed by atoms with Crippen molar-refractivity contribution in [2.45, 2.75) is 18.7 Å². The van der Waals surface area contributed by atoms with Gasteiger partial charge in [0.15, 0.2) is 5.11 Å². The quantitative estimate of drug-likeness (QED) is 0.424. The first-order valence-electron chi connectivity index (χ1n) is 7.54. The average Bonchev–Trinajstić information content (AvgIpc) is 2.61. The summed E-state index contributed by atoms with van der Waals surface area (Å²) in [5.74, 6) is 0. The number of nitrogens with one attached hydrogen (secondary N) is 3. The van der Waals surface area contributed by atoms with Gasteiger partial charge in [-0.3, -0.25) is 5.43 Å². The fourth-order valence-corrected chi connectivity index (χ4v) is 2.94. The molecule has 2 aromatic rings. The van der Waals surface area contributed by atoms with E-state index in [4.69, 9.17) is 12.2 Å². The highest BCUT2D eigenvalue weighted by Gasteiger charge is 2.10. The number of nitrogens with zero attached hydrogens (tertiary/aromatic N) is 1. The third kappa shape index (κ3) is 5.09. The molecule has 0 atom stereocenters. The van der Waals surface area contributed by atoms with Gasteiger partial charge in [-0.1, -0.05) is 30.3 Å². The zero-order chi connectivity index (χ0) is 18.4. The smallest absolute Gasteiger partial charge is 0.240 e. The highest BCUT2D eigenvalue weighted by atomic mass is 32.2. The van der Waals surface area contributed by atoms with E-state index in [0.29, 0.717) is 10.8 Å². The fourth-order valence-electron chi connectivity index (χ4n) is 2.06. The fraction of sp³-hybridized carbons (Fsp3) is 0.176. The zero-order valence-corrected chi connectivity index (χ0v) is 15.8. The summed E-state index contributed by atoms with van der Waals surface area (Å²) in [6.07, 6.45) is 0. The molecule has 0 aliphatic heterocycles. The van der Waals surface area contributed by atoms with Gasteiger partial charge in [-0.15, -0.1) is 0 Å². The summed E-state index contributed by atoms with van der Waals surface area (Å²) in [5, 5.41) is 7.69. The van der Waals surface area contributed by atoms with E-state index in [0.717, 1.165) is 16.8 Å². The van der Waals surface area contributed by atoms with Crippen LogP contribution in [-0.2, 0) is 10.0 Å². The standard InChI is InChI=1S/C17H20N4O2S2/c1-12-6-4-5-7-16(12)19-17(24)21-20-13(2)14-8-10-15(11-9-14)25(22,23)18-3/h4-11,18H,1-3H3,(H2,19,21,24)/b20-13-. The van der Waals surface area contributed by atoms with Gasteiger partial charge in [-0.05, 0) is 62.4 Å². The van der Waals surface area contributed by atoms with Crippen LogP contribution in [0.4, 0.5) is 5.69 Å². The summed E-state index contributed by atoms with van der Waals surface area (Å²) in [6, 6.07) is 14.3. The van der Waals surface area contributed by atoms with Crippen molar-refractivity contribution in [3.63, 3.8) is 0 Å². The molecule has 0 bridgehead atoms. The summed E-state index contributed by atoms with van der Waals surface area (Å²) in [5.41, 5.74) is 6.25. The average molecular weight is 377 g/mol. The van der Waals surface area contributed by atoms with Crippen LogP contribution >= 0.6 is 12.2 Å². The maximum atomic E-state index is 11.7. The Kier molecular flexibility index (Phi) is 6.24. The number of hydrogen-bond donors (Lipinski definition) is 3. The number of hydrogen-bond acceptors (Lipinski definition) is 4. The van der Waals surface area contributed by atoms with E-state index < -0.39 is 10.0 Å². The highest BCUT2D eigenvalue weighted by Crippen LogP contribution is 2.13. The lowest BCUT2D eigenvalue weighted by Crippen LogP contribution is -2.25. The molecule has 0 fully saturated rings. The molecule has 2 aromatic carbocycles. The van der Waals surface area contributed by atoms with Gasteiger partial charge in [0.05, 0.1) is 10.6 Å². The number of anilines is 1. The molecular formula is C17H20N4O2S2. The van der Waals surface area contributed by atoms with Gasteiger partial charge in [-0.2, -0.15) is 5.10 Å². The van der Waals surface area contributed by atoms with Gasteiger partial charge in [0.25, 0.3) is 0 Å². The Morgan fingerprint density at radius 1 is 1.08 bits per heavy atom. The molecule has 0 radical (unpaired) electrons. The molecule has 6 nitrogen and oxygen atoms in total. The van der Waals surface area contributed by atoms with Crippen LogP contribution in [-0.4, -0.2) is 26.3 Å². The number of thiocarbonyl (C=S) groups is 1. The van der Waals surface area contributed by atoms with Crippen LogP contribution in [0.1, 0.15) is 18.1 Å². The highest BCUT2D eigenvalue weighted by molar-refractivity contribution is 7.89. The molecule has 25 heavy (non-hydrogen) atoms. The van der Waals surface area contributed by atoms with Crippen LogP contribution in [0.25, 0.3) is 0 Å². The molecule has 0 saturated carbocycles. The van der Waals surface area contributed by atoms with Crippen LogP contribution in [0.2, 0.25) is 0 Å². The van der Waals surface area contributed by atoms with E-state index in [9.17, 15) is 8.42 Å². The van der Waals surface area contributed by atoms with Crippen molar-refractivity contribution in [2.75, 3.05) is 12.4 Å². The minimum Gasteiger partial charge on any atom is -0.331 e. The van der Waals surface area contributed by atoms with E-state index in [-0.39, 0.29) is 4.90 Å². The number of hydrazone groups is 1. The number of aryl methyl sites for hydroxylation is 1. The molecule has 0 amide bonds. The molecule has 132 valence electrons. The Hall–Kier alpha value is -2.29. The monoisotopic (exact) mass is 376 g/mol. The lowest BCUT2D eigenvalue weighted by molar-refractivity contribution is 0.588. The Morgan fingerprint density at radius 3 is 2.32 bits per heavy atom. The summed E-state index contributed by atoms with van der Waals surface area (Å²) in [4.78, 5) is 0.205. The predicted molar refractivity (Wildman–Crippen MR) is 105 cm³/mol. The minimum atomic E-state index is -3.44. The molecule has 0 aromatic heterocycles. The molecule has 8 heteroatoms. The lowest BCUT2D eigenvalue weighted by Gasteiger charge is -2.10. The minimum absolute atomic E-state index is 0.205. The van der Waals surface area contributed by atoms with Gasteiger partial charge < -0.3 is 5.32 Å². The zero-order valence-electron chi connectivity index (χ0n) is 14.2. The molecule has 0 spiro atoms. The molecule has 2 rings (SSSR count). The SMILES string of the molecule is CNS(=O)(=O)c1ccc(/C(C)=N\NC(=S)Nc2ccccc2C)cc1. The third-order valence-electron chi connectivity index (χ3n) is 3.57. The van der Waals surface area contributed by atoms with E-state index in [1.54, 1.807) is 12.1 Å². The van der Waals surface area contributed by atoms with Gasteiger partial charge in [-0.25, -0.2) is 13.1 Å². The maximum absolute atomic E-state index is 11.7. The number of sulfonamides is 1. The molecule has 3 N–H and O–H groups in total. The Bertz CT molecular complexity index is 891. The second kappa shape index (κ2) is 8.19. The molecule has 0 aliphatic rings. The lowest BCUT2D eigenvalue weighted by atomic mass is 10.1. The van der Waals surface area contributed by atoms with Crippen molar-refractivity contribution in [3.8, 4) is 0 Å². The van der Waals surface area contributed by atoms with Crippen molar-refractivity contribution in [3.05, 3.63) is 59.7 Å². The van der Waals surface area contributed by atoms with E-state index in [1.807, 2.05) is 38.1 Å². The van der Waals surface area contributed by atoms with E-state index >= 15 is 0 Å². The number of benzene rings is 2. The molecular weight excluding hydrogens is 356 g/mol. The van der Waals surface area contributed by atoms with Crippen molar-refractivity contribution < 1.29 is 8.42 Å². The first kappa shape index (κ1) is 19.0. The van der Waals surface area contributed by atoms with Crippen LogP contribution in [0.3, 0.4) is 0 Å². The van der Waals surface area contributed by atoms with Crippen molar-refractivity contribution in [1.29, 1.82) is 0 Å². The Labute approximate surface area is 153 Å². The maximum Gasteiger partial charge on any atom is 0.240 e. The summed E-state index contributed by atoms with van der Waals surface area (Å²) in [6.45, 7) is 3.80. The third-order valence-corrected chi connectivity index (χ3v) is 5.19. The summed E-state index contributed by atoms with van der Waals surface area (Å²) >= 11 is 5.23. The van der Waals surface area contributed by atoms with Crippen LogP contribution in [0.15, 0.2) is 58.5 Å². The molecule has 0 unspecified atom stereocenters. The first-order valence-corrected chi connectivity index (χ1v) is 9.43. The Morgan fingerprint density at radius 2 is 1.72 bits per heavy atom.